The highest BCUT2D eigenvalue weighted by Gasteiger charge is 2.18. The van der Waals surface area contributed by atoms with Gasteiger partial charge in [0.15, 0.2) is 0 Å². The molecule has 0 radical (unpaired) electrons. The molecule has 0 aliphatic rings. The summed E-state index contributed by atoms with van der Waals surface area (Å²) in [5, 5.41) is 7.30. The summed E-state index contributed by atoms with van der Waals surface area (Å²) >= 11 is 0. The molecule has 0 aliphatic carbocycles. The van der Waals surface area contributed by atoms with Crippen LogP contribution in [-0.2, 0) is 0 Å². The van der Waals surface area contributed by atoms with Gasteiger partial charge in [-0.15, -0.1) is 0 Å². The Labute approximate surface area is 293 Å². The van der Waals surface area contributed by atoms with E-state index >= 15 is 0 Å². The first-order chi connectivity index (χ1) is 25.3. The van der Waals surface area contributed by atoms with E-state index in [9.17, 15) is 0 Å². The highest BCUT2D eigenvalue weighted by atomic mass is 16.3. The zero-order valence-electron chi connectivity index (χ0n) is 27.6. The Morgan fingerprint density at radius 1 is 0.275 bits per heavy atom. The number of hydrogen-bond donors (Lipinski definition) is 0. The van der Waals surface area contributed by atoms with E-state index in [4.69, 9.17) is 4.42 Å². The van der Waals surface area contributed by atoms with Crippen molar-refractivity contribution in [2.75, 3.05) is 0 Å². The molecule has 0 N–H and O–H groups in total. The molecule has 0 spiro atoms. The zero-order chi connectivity index (χ0) is 33.5. The molecule has 0 aliphatic heterocycles. The maximum Gasteiger partial charge on any atom is 0.136 e. The second kappa shape index (κ2) is 10.8. The van der Waals surface area contributed by atoms with Crippen LogP contribution in [0.2, 0.25) is 0 Å². The first-order valence-corrected chi connectivity index (χ1v) is 17.4. The van der Waals surface area contributed by atoms with Crippen LogP contribution in [0.1, 0.15) is 0 Å². The number of benzene rings is 8. The van der Waals surface area contributed by atoms with Gasteiger partial charge < -0.3 is 13.6 Å². The fourth-order valence-corrected chi connectivity index (χ4v) is 8.13. The van der Waals surface area contributed by atoms with E-state index in [0.29, 0.717) is 0 Å². The standard InChI is InChI=1S/C48H30N2O/c1-2-10-31(11-3-1)32-18-23-35(24-19-32)49-43-15-7-4-12-37(43)41-29-42-38-13-5-8-16-44(38)50(46(42)30-45(41)49)36-25-20-33(21-26-36)34-22-27-40-39-14-6-9-17-47(39)51-48(40)28-34/h1-30H. The van der Waals surface area contributed by atoms with Gasteiger partial charge in [0.25, 0.3) is 0 Å². The summed E-state index contributed by atoms with van der Waals surface area (Å²) in [6.07, 6.45) is 0. The van der Waals surface area contributed by atoms with Crippen LogP contribution in [-0.4, -0.2) is 9.13 Å². The summed E-state index contributed by atoms with van der Waals surface area (Å²) in [6, 6.07) is 65.5. The second-order valence-corrected chi connectivity index (χ2v) is 13.4. The zero-order valence-corrected chi connectivity index (χ0v) is 27.6. The van der Waals surface area contributed by atoms with Crippen molar-refractivity contribution >= 4 is 65.6 Å². The van der Waals surface area contributed by atoms with Gasteiger partial charge in [0.05, 0.1) is 22.1 Å². The number of para-hydroxylation sites is 3. The van der Waals surface area contributed by atoms with E-state index in [1.165, 1.54) is 54.7 Å². The van der Waals surface area contributed by atoms with Gasteiger partial charge in [-0.2, -0.15) is 0 Å². The maximum absolute atomic E-state index is 6.21. The van der Waals surface area contributed by atoms with E-state index in [1.54, 1.807) is 0 Å². The minimum absolute atomic E-state index is 0.911. The van der Waals surface area contributed by atoms with Crippen LogP contribution in [0.3, 0.4) is 0 Å². The molecule has 51 heavy (non-hydrogen) atoms. The SMILES string of the molecule is c1ccc(-c2ccc(-n3c4ccccc4c4cc5c6ccccc6n(-c6ccc(-c7ccc8c(c7)oc7ccccc78)cc6)c5cc43)cc2)cc1. The molecule has 0 bridgehead atoms. The number of hydrogen-bond acceptors (Lipinski definition) is 1. The lowest BCUT2D eigenvalue weighted by Crippen LogP contribution is -1.96. The van der Waals surface area contributed by atoms with E-state index in [-0.39, 0.29) is 0 Å². The van der Waals surface area contributed by atoms with Crippen molar-refractivity contribution in [1.29, 1.82) is 0 Å². The number of rotatable bonds is 4. The molecular weight excluding hydrogens is 621 g/mol. The van der Waals surface area contributed by atoms with Gasteiger partial charge in [-0.3, -0.25) is 0 Å². The Hall–Kier alpha value is -6.84. The van der Waals surface area contributed by atoms with Gasteiger partial charge in [-0.05, 0) is 89.0 Å². The summed E-state index contributed by atoms with van der Waals surface area (Å²) in [5.74, 6) is 0. The molecule has 3 nitrogen and oxygen atoms in total. The van der Waals surface area contributed by atoms with E-state index in [2.05, 4.69) is 179 Å². The Bertz CT molecular complexity index is 3100. The molecule has 0 unspecified atom stereocenters. The molecule has 0 amide bonds. The van der Waals surface area contributed by atoms with Gasteiger partial charge in [0.2, 0.25) is 0 Å². The highest BCUT2D eigenvalue weighted by Crippen LogP contribution is 2.40. The predicted molar refractivity (Wildman–Crippen MR) is 213 cm³/mol. The molecule has 8 aromatic carbocycles. The summed E-state index contributed by atoms with van der Waals surface area (Å²) in [6.45, 7) is 0. The van der Waals surface area contributed by atoms with Crippen LogP contribution in [0.15, 0.2) is 186 Å². The van der Waals surface area contributed by atoms with Gasteiger partial charge >= 0.3 is 0 Å². The maximum atomic E-state index is 6.21. The average Bonchev–Trinajstić information content (AvgIpc) is 3.84. The van der Waals surface area contributed by atoms with Gasteiger partial charge in [0.1, 0.15) is 11.2 Å². The average molecular weight is 651 g/mol. The van der Waals surface area contributed by atoms with Crippen molar-refractivity contribution in [2.24, 2.45) is 0 Å². The summed E-state index contributed by atoms with van der Waals surface area (Å²) in [5.41, 5.74) is 13.6. The van der Waals surface area contributed by atoms with Crippen molar-refractivity contribution < 1.29 is 4.42 Å². The van der Waals surface area contributed by atoms with Crippen molar-refractivity contribution in [1.82, 2.24) is 9.13 Å². The monoisotopic (exact) mass is 650 g/mol. The Kier molecular flexibility index (Phi) is 5.96. The van der Waals surface area contributed by atoms with E-state index < -0.39 is 0 Å². The topological polar surface area (TPSA) is 23.0 Å². The normalized spacial score (nSPS) is 11.9. The second-order valence-electron chi connectivity index (χ2n) is 13.4. The quantitative estimate of drug-likeness (QED) is 0.186. The fraction of sp³-hybridized carbons (Fsp3) is 0. The smallest absolute Gasteiger partial charge is 0.136 e. The van der Waals surface area contributed by atoms with Gasteiger partial charge in [-0.1, -0.05) is 115 Å². The largest absolute Gasteiger partial charge is 0.456 e. The summed E-state index contributed by atoms with van der Waals surface area (Å²) in [7, 11) is 0. The Morgan fingerprint density at radius 3 is 1.37 bits per heavy atom. The van der Waals surface area contributed by atoms with E-state index in [1.807, 2.05) is 12.1 Å². The Balaban J connectivity index is 1.09. The molecule has 0 atom stereocenters. The van der Waals surface area contributed by atoms with Crippen molar-refractivity contribution in [3.05, 3.63) is 182 Å². The molecule has 3 aromatic heterocycles. The molecule has 238 valence electrons. The summed E-state index contributed by atoms with van der Waals surface area (Å²) in [4.78, 5) is 0. The molecule has 3 heteroatoms. The highest BCUT2D eigenvalue weighted by molar-refractivity contribution is 6.19. The first-order valence-electron chi connectivity index (χ1n) is 17.4. The van der Waals surface area contributed by atoms with Crippen molar-refractivity contribution in [3.8, 4) is 33.6 Å². The lowest BCUT2D eigenvalue weighted by Gasteiger charge is -2.11. The molecule has 0 saturated carbocycles. The van der Waals surface area contributed by atoms with Crippen LogP contribution in [0.25, 0.3) is 99.2 Å². The molecule has 3 heterocycles. The minimum atomic E-state index is 0.911. The molecule has 0 fully saturated rings. The third-order valence-corrected chi connectivity index (χ3v) is 10.5. The van der Waals surface area contributed by atoms with Crippen molar-refractivity contribution in [2.45, 2.75) is 0 Å². The number of furan rings is 1. The van der Waals surface area contributed by atoms with Crippen LogP contribution in [0.4, 0.5) is 0 Å². The summed E-state index contributed by atoms with van der Waals surface area (Å²) < 4.78 is 11.0. The number of fused-ring (bicyclic) bond motifs is 9. The molecular formula is C48H30N2O. The lowest BCUT2D eigenvalue weighted by molar-refractivity contribution is 0.669. The van der Waals surface area contributed by atoms with Crippen molar-refractivity contribution in [3.63, 3.8) is 0 Å². The number of nitrogens with zero attached hydrogens (tertiary/aromatic N) is 2. The third-order valence-electron chi connectivity index (χ3n) is 10.5. The number of aromatic nitrogens is 2. The Morgan fingerprint density at radius 2 is 0.745 bits per heavy atom. The third kappa shape index (κ3) is 4.25. The van der Waals surface area contributed by atoms with Crippen LogP contribution < -0.4 is 0 Å². The first kappa shape index (κ1) is 28.0. The fourth-order valence-electron chi connectivity index (χ4n) is 8.13. The molecule has 11 rings (SSSR count). The van der Waals surface area contributed by atoms with Gasteiger partial charge in [0, 0.05) is 43.7 Å². The van der Waals surface area contributed by atoms with E-state index in [0.717, 1.165) is 44.4 Å². The lowest BCUT2D eigenvalue weighted by atomic mass is 10.0. The van der Waals surface area contributed by atoms with Crippen LogP contribution >= 0.6 is 0 Å². The van der Waals surface area contributed by atoms with Crippen LogP contribution in [0.5, 0.6) is 0 Å². The van der Waals surface area contributed by atoms with Crippen LogP contribution in [0, 0.1) is 0 Å². The predicted octanol–water partition coefficient (Wildman–Crippen LogP) is 13.1. The van der Waals surface area contributed by atoms with Gasteiger partial charge in [-0.25, -0.2) is 0 Å². The molecule has 0 saturated heterocycles. The minimum Gasteiger partial charge on any atom is -0.456 e. The molecule has 11 aromatic rings.